The molecule has 1 saturated heterocycles. The van der Waals surface area contributed by atoms with Crippen molar-refractivity contribution in [3.63, 3.8) is 0 Å². The number of nitrogens with zero attached hydrogens (tertiary/aromatic N) is 3. The van der Waals surface area contributed by atoms with Gasteiger partial charge in [0.1, 0.15) is 0 Å². The molecule has 1 aliphatic rings. The third kappa shape index (κ3) is 8.76. The highest BCUT2D eigenvalue weighted by atomic mass is 127. The first-order chi connectivity index (χ1) is 15.1. The van der Waals surface area contributed by atoms with Gasteiger partial charge in [-0.3, -0.25) is 9.69 Å². The van der Waals surface area contributed by atoms with Crippen LogP contribution in [0.15, 0.2) is 59.6 Å². The number of halogens is 1. The summed E-state index contributed by atoms with van der Waals surface area (Å²) in [4.78, 5) is 20.7. The molecule has 1 aliphatic heterocycles. The van der Waals surface area contributed by atoms with Gasteiger partial charge in [0.15, 0.2) is 5.96 Å². The molecular formula is C24H34IN5O2. The fraction of sp³-hybridized carbons (Fsp3) is 0.417. The summed E-state index contributed by atoms with van der Waals surface area (Å²) in [6.45, 7) is 5.78. The predicted octanol–water partition coefficient (Wildman–Crippen LogP) is 2.46. The molecule has 0 aromatic heterocycles. The normalized spacial score (nSPS) is 14.4. The molecule has 3 rings (SSSR count). The Hall–Kier alpha value is -2.17. The van der Waals surface area contributed by atoms with E-state index in [9.17, 15) is 4.79 Å². The second kappa shape index (κ2) is 14.1. The van der Waals surface area contributed by atoms with Crippen LogP contribution in [0.4, 0.5) is 0 Å². The van der Waals surface area contributed by atoms with Crippen molar-refractivity contribution in [2.75, 3.05) is 46.9 Å². The second-order valence-electron chi connectivity index (χ2n) is 7.80. The lowest BCUT2D eigenvalue weighted by molar-refractivity contribution is -0.127. The van der Waals surface area contributed by atoms with E-state index < -0.39 is 0 Å². The highest BCUT2D eigenvalue weighted by Gasteiger charge is 2.13. The number of hydrogen-bond acceptors (Lipinski definition) is 4. The zero-order valence-electron chi connectivity index (χ0n) is 18.9. The lowest BCUT2D eigenvalue weighted by Gasteiger charge is -2.27. The smallest absolute Gasteiger partial charge is 0.241 e. The molecule has 2 aromatic carbocycles. The number of likely N-dealkylation sites (N-methyl/N-ethyl adjacent to an activating group) is 1. The summed E-state index contributed by atoms with van der Waals surface area (Å²) >= 11 is 0. The molecular weight excluding hydrogens is 517 g/mol. The van der Waals surface area contributed by atoms with Gasteiger partial charge < -0.3 is 20.3 Å². The van der Waals surface area contributed by atoms with Gasteiger partial charge >= 0.3 is 0 Å². The molecule has 1 amide bonds. The summed E-state index contributed by atoms with van der Waals surface area (Å²) in [7, 11) is 3.50. The minimum Gasteiger partial charge on any atom is -0.379 e. The number of benzene rings is 2. The average molecular weight is 551 g/mol. The second-order valence-corrected chi connectivity index (χ2v) is 7.80. The Balaban J connectivity index is 0.00000363. The largest absolute Gasteiger partial charge is 0.379 e. The van der Waals surface area contributed by atoms with Crippen LogP contribution in [-0.4, -0.2) is 68.6 Å². The lowest BCUT2D eigenvalue weighted by Crippen LogP contribution is -2.42. The van der Waals surface area contributed by atoms with Crippen molar-refractivity contribution >= 4 is 35.8 Å². The number of morpholine rings is 1. The SMILES string of the molecule is CN(C)C(=O)CNC(=NCc1ccccc1)NCc1ccccc1CN1CCOCC1.I. The predicted molar refractivity (Wildman–Crippen MR) is 139 cm³/mol. The summed E-state index contributed by atoms with van der Waals surface area (Å²) in [6, 6.07) is 18.5. The van der Waals surface area contributed by atoms with Crippen LogP contribution in [0, 0.1) is 0 Å². The fourth-order valence-electron chi connectivity index (χ4n) is 3.31. The minimum absolute atomic E-state index is 0. The Morgan fingerprint density at radius 2 is 1.66 bits per heavy atom. The summed E-state index contributed by atoms with van der Waals surface area (Å²) in [5.41, 5.74) is 3.64. The minimum atomic E-state index is 0. The van der Waals surface area contributed by atoms with Gasteiger partial charge in [-0.05, 0) is 16.7 Å². The number of ether oxygens (including phenoxy) is 1. The number of carbonyl (C=O) groups is 1. The van der Waals surface area contributed by atoms with Gasteiger partial charge in [-0.2, -0.15) is 0 Å². The van der Waals surface area contributed by atoms with Crippen molar-refractivity contribution in [1.82, 2.24) is 20.4 Å². The number of amides is 1. The van der Waals surface area contributed by atoms with Gasteiger partial charge in [-0.25, -0.2) is 4.99 Å². The van der Waals surface area contributed by atoms with Crippen molar-refractivity contribution in [3.05, 3.63) is 71.3 Å². The Bertz CT molecular complexity index is 854. The molecule has 1 heterocycles. The fourth-order valence-corrected chi connectivity index (χ4v) is 3.31. The van der Waals surface area contributed by atoms with E-state index in [4.69, 9.17) is 4.74 Å². The zero-order valence-corrected chi connectivity index (χ0v) is 21.2. The van der Waals surface area contributed by atoms with Gasteiger partial charge in [-0.1, -0.05) is 54.6 Å². The van der Waals surface area contributed by atoms with Crippen LogP contribution in [0.2, 0.25) is 0 Å². The molecule has 2 aromatic rings. The van der Waals surface area contributed by atoms with Crippen LogP contribution >= 0.6 is 24.0 Å². The monoisotopic (exact) mass is 551 g/mol. The van der Waals surface area contributed by atoms with Gasteiger partial charge in [0.2, 0.25) is 5.91 Å². The molecule has 0 unspecified atom stereocenters. The van der Waals surface area contributed by atoms with E-state index in [-0.39, 0.29) is 36.4 Å². The summed E-state index contributed by atoms with van der Waals surface area (Å²) in [6.07, 6.45) is 0. The maximum Gasteiger partial charge on any atom is 0.241 e. The van der Waals surface area contributed by atoms with E-state index in [0.29, 0.717) is 19.0 Å². The van der Waals surface area contributed by atoms with Crippen molar-refractivity contribution < 1.29 is 9.53 Å². The maximum atomic E-state index is 12.0. The maximum absolute atomic E-state index is 12.0. The van der Waals surface area contributed by atoms with E-state index in [1.54, 1.807) is 19.0 Å². The number of carbonyl (C=O) groups excluding carboxylic acids is 1. The van der Waals surface area contributed by atoms with Crippen molar-refractivity contribution in [2.45, 2.75) is 19.6 Å². The number of guanidine groups is 1. The summed E-state index contributed by atoms with van der Waals surface area (Å²) in [5.74, 6) is 0.627. The van der Waals surface area contributed by atoms with E-state index >= 15 is 0 Å². The number of hydrogen-bond donors (Lipinski definition) is 2. The highest BCUT2D eigenvalue weighted by molar-refractivity contribution is 14.0. The molecule has 1 fully saturated rings. The van der Waals surface area contributed by atoms with Crippen LogP contribution in [0.5, 0.6) is 0 Å². The molecule has 0 spiro atoms. The Morgan fingerprint density at radius 3 is 2.34 bits per heavy atom. The van der Waals surface area contributed by atoms with Crippen LogP contribution in [0.25, 0.3) is 0 Å². The highest BCUT2D eigenvalue weighted by Crippen LogP contribution is 2.13. The van der Waals surface area contributed by atoms with Crippen molar-refractivity contribution in [1.29, 1.82) is 0 Å². The number of rotatable bonds is 8. The van der Waals surface area contributed by atoms with Crippen molar-refractivity contribution in [3.8, 4) is 0 Å². The topological polar surface area (TPSA) is 69.2 Å². The lowest BCUT2D eigenvalue weighted by atomic mass is 10.1. The Kier molecular flexibility index (Phi) is 11.5. The van der Waals surface area contributed by atoms with Crippen LogP contribution in [0.3, 0.4) is 0 Å². The van der Waals surface area contributed by atoms with Crippen LogP contribution in [0.1, 0.15) is 16.7 Å². The van der Waals surface area contributed by atoms with E-state index in [2.05, 4.69) is 44.8 Å². The molecule has 0 aliphatic carbocycles. The molecule has 7 nitrogen and oxygen atoms in total. The number of aliphatic imine (C=N–C) groups is 1. The third-order valence-electron chi connectivity index (χ3n) is 5.23. The first-order valence-corrected chi connectivity index (χ1v) is 10.7. The molecule has 174 valence electrons. The summed E-state index contributed by atoms with van der Waals surface area (Å²) < 4.78 is 5.46. The van der Waals surface area contributed by atoms with Crippen LogP contribution < -0.4 is 10.6 Å². The van der Waals surface area contributed by atoms with E-state index in [1.807, 2.05) is 30.3 Å². The van der Waals surface area contributed by atoms with Crippen LogP contribution in [-0.2, 0) is 29.2 Å². The first-order valence-electron chi connectivity index (χ1n) is 10.7. The average Bonchev–Trinajstić information content (AvgIpc) is 2.80. The Morgan fingerprint density at radius 1 is 1.00 bits per heavy atom. The van der Waals surface area contributed by atoms with Gasteiger partial charge in [0.05, 0.1) is 26.3 Å². The third-order valence-corrected chi connectivity index (χ3v) is 5.23. The first kappa shape index (κ1) is 26.1. The standard InChI is InChI=1S/C24H33N5O2.HI/c1-28(2)23(30)18-27-24(25-16-20-8-4-3-5-9-20)26-17-21-10-6-7-11-22(21)19-29-12-14-31-15-13-29;/h3-11H,12-19H2,1-2H3,(H2,25,26,27);1H. The molecule has 2 N–H and O–H groups in total. The molecule has 32 heavy (non-hydrogen) atoms. The van der Waals surface area contributed by atoms with Gasteiger partial charge in [-0.15, -0.1) is 24.0 Å². The van der Waals surface area contributed by atoms with Crippen molar-refractivity contribution in [2.24, 2.45) is 4.99 Å². The van der Waals surface area contributed by atoms with E-state index in [1.165, 1.54) is 11.1 Å². The zero-order chi connectivity index (χ0) is 21.9. The van der Waals surface area contributed by atoms with E-state index in [0.717, 1.165) is 38.4 Å². The molecule has 8 heteroatoms. The Labute approximate surface area is 208 Å². The molecule has 0 atom stereocenters. The molecule has 0 saturated carbocycles. The molecule has 0 radical (unpaired) electrons. The quantitative estimate of drug-likeness (QED) is 0.300. The summed E-state index contributed by atoms with van der Waals surface area (Å²) in [5, 5.41) is 6.57. The van der Waals surface area contributed by atoms with Gasteiger partial charge in [0.25, 0.3) is 0 Å². The number of nitrogens with one attached hydrogen (secondary N) is 2. The van der Waals surface area contributed by atoms with Gasteiger partial charge in [0, 0.05) is 40.3 Å². The molecule has 0 bridgehead atoms.